The molecule has 0 aliphatic rings. The molecule has 0 radical (unpaired) electrons. The summed E-state index contributed by atoms with van der Waals surface area (Å²) in [5.41, 5.74) is 3.30. The summed E-state index contributed by atoms with van der Waals surface area (Å²) in [5.74, 6) is 1.53. The van der Waals surface area contributed by atoms with E-state index < -0.39 is 0 Å². The Morgan fingerprint density at radius 3 is 1.71 bits per heavy atom. The zero-order valence-electron chi connectivity index (χ0n) is 22.1. The van der Waals surface area contributed by atoms with E-state index in [1.54, 1.807) is 33.6 Å². The van der Waals surface area contributed by atoms with Crippen molar-refractivity contribution in [3.63, 3.8) is 0 Å². The van der Waals surface area contributed by atoms with Gasteiger partial charge in [0.1, 0.15) is 0 Å². The minimum atomic E-state index is -0.0645. The molecule has 34 heavy (non-hydrogen) atoms. The molecule has 1 N–H and O–H groups in total. The summed E-state index contributed by atoms with van der Waals surface area (Å²) in [6, 6.07) is 3.59. The van der Waals surface area contributed by atoms with Crippen molar-refractivity contribution in [3.8, 4) is 17.2 Å². The smallest absolute Gasteiger partial charge is 0.240 e. The van der Waals surface area contributed by atoms with Crippen LogP contribution in [-0.4, -0.2) is 33.5 Å². The number of ether oxygens (including phenoxy) is 3. The van der Waals surface area contributed by atoms with Crippen LogP contribution in [0.25, 0.3) is 0 Å². The zero-order valence-corrected chi connectivity index (χ0v) is 22.1. The first-order chi connectivity index (χ1) is 16.7. The van der Waals surface area contributed by atoms with Gasteiger partial charge < -0.3 is 14.2 Å². The molecule has 1 rings (SSSR count). The minimum Gasteiger partial charge on any atom is -0.493 e. The lowest BCUT2D eigenvalue weighted by Crippen LogP contribution is -2.17. The van der Waals surface area contributed by atoms with E-state index >= 15 is 0 Å². The Morgan fingerprint density at radius 1 is 0.735 bits per heavy atom. The molecule has 1 aromatic rings. The molecular formula is C28H48N2O4. The van der Waals surface area contributed by atoms with E-state index in [1.807, 2.05) is 6.07 Å². The highest BCUT2D eigenvalue weighted by atomic mass is 16.5. The number of rotatable bonds is 21. The lowest BCUT2D eigenvalue weighted by Gasteiger charge is -2.13. The van der Waals surface area contributed by atoms with Gasteiger partial charge in [0, 0.05) is 12.0 Å². The number of hydrazone groups is 1. The van der Waals surface area contributed by atoms with Crippen LogP contribution in [0.4, 0.5) is 0 Å². The molecule has 6 nitrogen and oxygen atoms in total. The van der Waals surface area contributed by atoms with Gasteiger partial charge in [0.25, 0.3) is 0 Å². The third-order valence-corrected chi connectivity index (χ3v) is 6.13. The van der Waals surface area contributed by atoms with E-state index in [2.05, 4.69) is 17.5 Å². The van der Waals surface area contributed by atoms with Crippen LogP contribution >= 0.6 is 0 Å². The molecule has 0 heterocycles. The van der Waals surface area contributed by atoms with Crippen LogP contribution in [0.1, 0.15) is 115 Å². The monoisotopic (exact) mass is 476 g/mol. The molecule has 0 spiro atoms. The van der Waals surface area contributed by atoms with Crippen molar-refractivity contribution in [2.24, 2.45) is 5.10 Å². The van der Waals surface area contributed by atoms with Crippen LogP contribution in [0.2, 0.25) is 0 Å². The maximum absolute atomic E-state index is 12.0. The second-order valence-corrected chi connectivity index (χ2v) is 8.92. The predicted octanol–water partition coefficient (Wildman–Crippen LogP) is 7.42. The molecule has 0 fully saturated rings. The highest BCUT2D eigenvalue weighted by molar-refractivity contribution is 5.87. The van der Waals surface area contributed by atoms with E-state index in [-0.39, 0.29) is 5.91 Å². The number of benzene rings is 1. The summed E-state index contributed by atoms with van der Waals surface area (Å²) in [6.07, 6.45) is 21.8. The largest absolute Gasteiger partial charge is 0.493 e. The van der Waals surface area contributed by atoms with Crippen molar-refractivity contribution in [3.05, 3.63) is 17.7 Å². The highest BCUT2D eigenvalue weighted by Crippen LogP contribution is 2.38. The van der Waals surface area contributed by atoms with Gasteiger partial charge in [-0.25, -0.2) is 5.43 Å². The van der Waals surface area contributed by atoms with E-state index in [1.165, 1.54) is 83.5 Å². The Hall–Kier alpha value is -2.24. The fraction of sp³-hybridized carbons (Fsp3) is 0.714. The average Bonchev–Trinajstić information content (AvgIpc) is 2.85. The first-order valence-electron chi connectivity index (χ1n) is 13.3. The standard InChI is InChI=1S/C28H48N2O4/c1-5-6-7-8-9-10-11-12-13-14-15-16-17-18-19-20-26(31)30-29-23-24-21-22-25(32-2)28(34-4)27(24)33-3/h21-23H,5-20H2,1-4H3,(H,30,31)/b29-23-. The number of nitrogens with one attached hydrogen (secondary N) is 1. The summed E-state index contributed by atoms with van der Waals surface area (Å²) in [4.78, 5) is 12.0. The van der Waals surface area contributed by atoms with Crippen LogP contribution < -0.4 is 19.6 Å². The summed E-state index contributed by atoms with van der Waals surface area (Å²) in [7, 11) is 4.69. The molecule has 0 saturated heterocycles. The van der Waals surface area contributed by atoms with Gasteiger partial charge in [-0.2, -0.15) is 5.10 Å². The Labute approximate surface area is 207 Å². The van der Waals surface area contributed by atoms with Gasteiger partial charge in [-0.15, -0.1) is 0 Å². The van der Waals surface area contributed by atoms with Crippen LogP contribution in [0.15, 0.2) is 17.2 Å². The van der Waals surface area contributed by atoms with Crippen LogP contribution in [0.3, 0.4) is 0 Å². The number of nitrogens with zero attached hydrogens (tertiary/aromatic N) is 1. The zero-order chi connectivity index (χ0) is 24.9. The van der Waals surface area contributed by atoms with Crippen molar-refractivity contribution in [1.29, 1.82) is 0 Å². The molecule has 194 valence electrons. The third kappa shape index (κ3) is 12.9. The summed E-state index contributed by atoms with van der Waals surface area (Å²) >= 11 is 0. The molecule has 0 aliphatic heterocycles. The van der Waals surface area contributed by atoms with E-state index in [0.29, 0.717) is 29.2 Å². The fourth-order valence-corrected chi connectivity index (χ4v) is 4.11. The van der Waals surface area contributed by atoms with Crippen molar-refractivity contribution < 1.29 is 19.0 Å². The van der Waals surface area contributed by atoms with Crippen molar-refractivity contribution in [2.45, 2.75) is 110 Å². The lowest BCUT2D eigenvalue weighted by molar-refractivity contribution is -0.121. The normalized spacial score (nSPS) is 11.1. The number of unbranched alkanes of at least 4 members (excludes halogenated alkanes) is 14. The molecule has 0 unspecified atom stereocenters. The van der Waals surface area contributed by atoms with Crippen molar-refractivity contribution in [2.75, 3.05) is 21.3 Å². The van der Waals surface area contributed by atoms with Crippen LogP contribution in [-0.2, 0) is 4.79 Å². The number of hydrogen-bond donors (Lipinski definition) is 1. The molecule has 1 aromatic carbocycles. The molecular weight excluding hydrogens is 428 g/mol. The second kappa shape index (κ2) is 20.2. The molecule has 0 aliphatic carbocycles. The Balaban J connectivity index is 2.07. The van der Waals surface area contributed by atoms with E-state index in [9.17, 15) is 4.79 Å². The van der Waals surface area contributed by atoms with Crippen LogP contribution in [0.5, 0.6) is 17.2 Å². The van der Waals surface area contributed by atoms with Gasteiger partial charge in [-0.1, -0.05) is 96.8 Å². The number of methoxy groups -OCH3 is 3. The Bertz CT molecular complexity index is 691. The summed E-state index contributed by atoms with van der Waals surface area (Å²) in [6.45, 7) is 2.27. The van der Waals surface area contributed by atoms with Gasteiger partial charge in [0.2, 0.25) is 11.7 Å². The molecule has 0 atom stereocenters. The molecule has 1 amide bonds. The SMILES string of the molecule is CCCCCCCCCCCCCCCCCC(=O)N/N=C\c1ccc(OC)c(OC)c1OC. The van der Waals surface area contributed by atoms with Gasteiger partial charge in [0.05, 0.1) is 27.5 Å². The van der Waals surface area contributed by atoms with Gasteiger partial charge in [0.15, 0.2) is 11.5 Å². The fourth-order valence-electron chi connectivity index (χ4n) is 4.11. The lowest BCUT2D eigenvalue weighted by atomic mass is 10.0. The van der Waals surface area contributed by atoms with Crippen molar-refractivity contribution >= 4 is 12.1 Å². The predicted molar refractivity (Wildman–Crippen MR) is 141 cm³/mol. The molecule has 0 bridgehead atoms. The number of carbonyl (C=O) groups is 1. The first kappa shape index (κ1) is 29.8. The molecule has 0 saturated carbocycles. The van der Waals surface area contributed by atoms with Crippen LogP contribution in [0, 0.1) is 0 Å². The molecule has 0 aromatic heterocycles. The topological polar surface area (TPSA) is 69.2 Å². The van der Waals surface area contributed by atoms with Gasteiger partial charge >= 0.3 is 0 Å². The quantitative estimate of drug-likeness (QED) is 0.114. The highest BCUT2D eigenvalue weighted by Gasteiger charge is 2.14. The van der Waals surface area contributed by atoms with Gasteiger partial charge in [-0.05, 0) is 18.6 Å². The van der Waals surface area contributed by atoms with E-state index in [0.717, 1.165) is 12.8 Å². The van der Waals surface area contributed by atoms with Crippen molar-refractivity contribution in [1.82, 2.24) is 5.43 Å². The second-order valence-electron chi connectivity index (χ2n) is 8.92. The summed E-state index contributed by atoms with van der Waals surface area (Å²) in [5, 5.41) is 4.07. The third-order valence-electron chi connectivity index (χ3n) is 6.13. The Kier molecular flexibility index (Phi) is 17.7. The number of hydrogen-bond acceptors (Lipinski definition) is 5. The number of carbonyl (C=O) groups excluding carboxylic acids is 1. The minimum absolute atomic E-state index is 0.0645. The van der Waals surface area contributed by atoms with Gasteiger partial charge in [-0.3, -0.25) is 4.79 Å². The number of amides is 1. The first-order valence-corrected chi connectivity index (χ1v) is 13.3. The maximum Gasteiger partial charge on any atom is 0.240 e. The average molecular weight is 477 g/mol. The summed E-state index contributed by atoms with van der Waals surface area (Å²) < 4.78 is 16.1. The maximum atomic E-state index is 12.0. The Morgan fingerprint density at radius 2 is 1.24 bits per heavy atom. The van der Waals surface area contributed by atoms with E-state index in [4.69, 9.17) is 14.2 Å². The molecule has 6 heteroatoms.